The van der Waals surface area contributed by atoms with E-state index in [0.29, 0.717) is 17.0 Å². The van der Waals surface area contributed by atoms with E-state index in [1.165, 1.54) is 12.1 Å². The van der Waals surface area contributed by atoms with Gasteiger partial charge in [0.05, 0.1) is 10.9 Å². The van der Waals surface area contributed by atoms with E-state index in [2.05, 4.69) is 26.0 Å². The standard InChI is InChI=1S/C25H27BrN2O4S/c1-16-5-10-22(13-17(16)2)28-33(30,31)23-11-12-24(18(3)14-23)32-15-25(29)27-19(4)20-6-8-21(26)9-7-20/h5-14,19,28H,15H2,1-4H3,(H,27,29)/t19-/m1/s1. The summed E-state index contributed by atoms with van der Waals surface area (Å²) in [5, 5.41) is 2.89. The number of aryl methyl sites for hydroxylation is 3. The van der Waals surface area contributed by atoms with Crippen LogP contribution in [0.5, 0.6) is 5.75 Å². The van der Waals surface area contributed by atoms with Crippen molar-refractivity contribution in [2.75, 3.05) is 11.3 Å². The van der Waals surface area contributed by atoms with E-state index in [4.69, 9.17) is 4.74 Å². The SMILES string of the molecule is Cc1ccc(NS(=O)(=O)c2ccc(OCC(=O)N[C@H](C)c3ccc(Br)cc3)c(C)c2)cc1C. The lowest BCUT2D eigenvalue weighted by atomic mass is 10.1. The molecule has 0 aliphatic carbocycles. The molecule has 1 atom stereocenters. The summed E-state index contributed by atoms with van der Waals surface area (Å²) in [5.74, 6) is 0.185. The zero-order valence-electron chi connectivity index (χ0n) is 19.0. The quantitative estimate of drug-likeness (QED) is 0.406. The number of carbonyl (C=O) groups is 1. The van der Waals surface area contributed by atoms with Gasteiger partial charge in [-0.3, -0.25) is 9.52 Å². The number of nitrogens with one attached hydrogen (secondary N) is 2. The minimum atomic E-state index is -3.75. The molecule has 0 spiro atoms. The third-order valence-electron chi connectivity index (χ3n) is 5.32. The second-order valence-electron chi connectivity index (χ2n) is 7.96. The normalized spacial score (nSPS) is 12.2. The van der Waals surface area contributed by atoms with Gasteiger partial charge in [0.2, 0.25) is 0 Å². The summed E-state index contributed by atoms with van der Waals surface area (Å²) in [7, 11) is -3.75. The highest BCUT2D eigenvalue weighted by molar-refractivity contribution is 9.10. The summed E-state index contributed by atoms with van der Waals surface area (Å²) < 4.78 is 34.8. The van der Waals surface area contributed by atoms with Crippen LogP contribution in [0.4, 0.5) is 5.69 Å². The molecule has 0 aliphatic heterocycles. The molecule has 3 aromatic rings. The van der Waals surface area contributed by atoms with Gasteiger partial charge in [0.15, 0.2) is 6.61 Å². The molecule has 0 saturated heterocycles. The number of hydrogen-bond donors (Lipinski definition) is 2. The first kappa shape index (κ1) is 24.8. The monoisotopic (exact) mass is 530 g/mol. The van der Waals surface area contributed by atoms with Crippen LogP contribution >= 0.6 is 15.9 Å². The smallest absolute Gasteiger partial charge is 0.261 e. The average Bonchev–Trinajstić information content (AvgIpc) is 2.75. The summed E-state index contributed by atoms with van der Waals surface area (Å²) in [6.45, 7) is 7.37. The molecule has 0 aromatic heterocycles. The number of sulfonamides is 1. The molecule has 0 fully saturated rings. The number of halogens is 1. The molecule has 174 valence electrons. The predicted octanol–water partition coefficient (Wildman–Crippen LogP) is 5.43. The van der Waals surface area contributed by atoms with Crippen LogP contribution in [0, 0.1) is 20.8 Å². The molecule has 0 bridgehead atoms. The van der Waals surface area contributed by atoms with Crippen molar-refractivity contribution in [2.45, 2.75) is 38.6 Å². The maximum absolute atomic E-state index is 12.8. The maximum Gasteiger partial charge on any atom is 0.261 e. The zero-order valence-corrected chi connectivity index (χ0v) is 21.4. The van der Waals surface area contributed by atoms with Gasteiger partial charge in [-0.1, -0.05) is 34.1 Å². The van der Waals surface area contributed by atoms with Crippen molar-refractivity contribution >= 4 is 37.5 Å². The van der Waals surface area contributed by atoms with Crippen molar-refractivity contribution in [1.29, 1.82) is 0 Å². The number of benzene rings is 3. The molecule has 33 heavy (non-hydrogen) atoms. The van der Waals surface area contributed by atoms with Gasteiger partial charge in [-0.15, -0.1) is 0 Å². The lowest BCUT2D eigenvalue weighted by Crippen LogP contribution is -2.31. The Morgan fingerprint density at radius 1 is 0.939 bits per heavy atom. The Bertz CT molecular complexity index is 1260. The Hall–Kier alpha value is -2.84. The van der Waals surface area contributed by atoms with Crippen molar-refractivity contribution in [1.82, 2.24) is 5.32 Å². The van der Waals surface area contributed by atoms with E-state index < -0.39 is 10.0 Å². The van der Waals surface area contributed by atoms with Crippen LogP contribution in [0.1, 0.15) is 35.2 Å². The summed E-state index contributed by atoms with van der Waals surface area (Å²) >= 11 is 3.39. The number of rotatable bonds is 8. The van der Waals surface area contributed by atoms with Gasteiger partial charge in [0, 0.05) is 10.2 Å². The van der Waals surface area contributed by atoms with Crippen LogP contribution in [-0.4, -0.2) is 20.9 Å². The van der Waals surface area contributed by atoms with Crippen LogP contribution in [0.15, 0.2) is 70.0 Å². The van der Waals surface area contributed by atoms with Crippen molar-refractivity contribution in [2.24, 2.45) is 0 Å². The Kier molecular flexibility index (Phi) is 7.81. The third-order valence-corrected chi connectivity index (χ3v) is 7.23. The van der Waals surface area contributed by atoms with Crippen LogP contribution in [0.25, 0.3) is 0 Å². The van der Waals surface area contributed by atoms with Gasteiger partial charge in [0.1, 0.15) is 5.75 Å². The number of anilines is 1. The minimum absolute atomic E-state index is 0.124. The lowest BCUT2D eigenvalue weighted by Gasteiger charge is -2.16. The molecule has 3 aromatic carbocycles. The van der Waals surface area contributed by atoms with E-state index in [0.717, 1.165) is 21.2 Å². The first-order valence-corrected chi connectivity index (χ1v) is 12.7. The van der Waals surface area contributed by atoms with Gasteiger partial charge in [-0.25, -0.2) is 8.42 Å². The van der Waals surface area contributed by atoms with Crippen LogP contribution in [-0.2, 0) is 14.8 Å². The molecular formula is C25H27BrN2O4S. The topological polar surface area (TPSA) is 84.5 Å². The molecule has 1 amide bonds. The maximum atomic E-state index is 12.8. The highest BCUT2D eigenvalue weighted by Crippen LogP contribution is 2.24. The summed E-state index contributed by atoms with van der Waals surface area (Å²) in [5.41, 5.74) is 4.20. The summed E-state index contributed by atoms with van der Waals surface area (Å²) in [6, 6.07) is 17.5. The second kappa shape index (κ2) is 10.4. The number of ether oxygens (including phenoxy) is 1. The van der Waals surface area contributed by atoms with Gasteiger partial charge in [-0.2, -0.15) is 0 Å². The van der Waals surface area contributed by atoms with Crippen molar-refractivity contribution in [3.63, 3.8) is 0 Å². The summed E-state index contributed by atoms with van der Waals surface area (Å²) in [4.78, 5) is 12.4. The Labute approximate surface area is 203 Å². The van der Waals surface area contributed by atoms with E-state index in [-0.39, 0.29) is 23.5 Å². The number of carbonyl (C=O) groups excluding carboxylic acids is 1. The third kappa shape index (κ3) is 6.58. The van der Waals surface area contributed by atoms with Crippen LogP contribution in [0.3, 0.4) is 0 Å². The van der Waals surface area contributed by atoms with Crippen molar-refractivity contribution in [3.8, 4) is 5.75 Å². The lowest BCUT2D eigenvalue weighted by molar-refractivity contribution is -0.123. The predicted molar refractivity (Wildman–Crippen MR) is 134 cm³/mol. The second-order valence-corrected chi connectivity index (χ2v) is 10.6. The fourth-order valence-corrected chi connectivity index (χ4v) is 4.63. The average molecular weight is 531 g/mol. The molecule has 8 heteroatoms. The van der Waals surface area contributed by atoms with Gasteiger partial charge < -0.3 is 10.1 Å². The van der Waals surface area contributed by atoms with Crippen molar-refractivity contribution < 1.29 is 17.9 Å². The first-order valence-electron chi connectivity index (χ1n) is 10.4. The fourth-order valence-electron chi connectivity index (χ4n) is 3.23. The zero-order chi connectivity index (χ0) is 24.2. The van der Waals surface area contributed by atoms with Crippen LogP contribution < -0.4 is 14.8 Å². The van der Waals surface area contributed by atoms with Crippen LogP contribution in [0.2, 0.25) is 0 Å². The van der Waals surface area contributed by atoms with Gasteiger partial charge >= 0.3 is 0 Å². The van der Waals surface area contributed by atoms with E-state index >= 15 is 0 Å². The number of hydrogen-bond acceptors (Lipinski definition) is 4. The highest BCUT2D eigenvalue weighted by atomic mass is 79.9. The van der Waals surface area contributed by atoms with E-state index in [1.54, 1.807) is 25.1 Å². The van der Waals surface area contributed by atoms with Gasteiger partial charge in [-0.05, 0) is 92.4 Å². The Balaban J connectivity index is 1.62. The molecular weight excluding hydrogens is 504 g/mol. The molecule has 0 heterocycles. The van der Waals surface area contributed by atoms with Gasteiger partial charge in [0.25, 0.3) is 15.9 Å². The van der Waals surface area contributed by atoms with E-state index in [9.17, 15) is 13.2 Å². The van der Waals surface area contributed by atoms with Crippen molar-refractivity contribution in [3.05, 3.63) is 87.4 Å². The molecule has 0 saturated carbocycles. The minimum Gasteiger partial charge on any atom is -0.484 e. The summed E-state index contributed by atoms with van der Waals surface area (Å²) in [6.07, 6.45) is 0. The van der Waals surface area contributed by atoms with E-state index in [1.807, 2.05) is 51.1 Å². The molecule has 3 rings (SSSR count). The highest BCUT2D eigenvalue weighted by Gasteiger charge is 2.17. The molecule has 6 nitrogen and oxygen atoms in total. The molecule has 0 radical (unpaired) electrons. The largest absolute Gasteiger partial charge is 0.484 e. The molecule has 0 unspecified atom stereocenters. The molecule has 0 aliphatic rings. The number of amides is 1. The molecule has 2 N–H and O–H groups in total. The Morgan fingerprint density at radius 3 is 2.27 bits per heavy atom. The first-order chi connectivity index (χ1) is 15.5. The Morgan fingerprint density at radius 2 is 1.64 bits per heavy atom. The fraction of sp³-hybridized carbons (Fsp3) is 0.240.